The van der Waals surface area contributed by atoms with Crippen LogP contribution >= 0.6 is 0 Å². The lowest BCUT2D eigenvalue weighted by Crippen LogP contribution is -2.35. The molecule has 0 bridgehead atoms. The normalized spacial score (nSPS) is 12.2. The molecule has 0 spiro atoms. The van der Waals surface area contributed by atoms with Crippen LogP contribution in [0.2, 0.25) is 0 Å². The molecule has 0 aliphatic carbocycles. The summed E-state index contributed by atoms with van der Waals surface area (Å²) >= 11 is 0. The average molecular weight is 416 g/mol. The molecule has 1 amide bonds. The zero-order chi connectivity index (χ0) is 22.1. The molecule has 0 fully saturated rings. The fraction of sp³-hybridized carbons (Fsp3) is 0.261. The monoisotopic (exact) mass is 416 g/mol. The van der Waals surface area contributed by atoms with Gasteiger partial charge in [-0.05, 0) is 49.6 Å². The maximum atomic E-state index is 13.3. The molecule has 4 aromatic heterocycles. The molecule has 1 atom stereocenters. The van der Waals surface area contributed by atoms with Crippen molar-refractivity contribution in [3.63, 3.8) is 0 Å². The molecule has 1 unspecified atom stereocenters. The van der Waals surface area contributed by atoms with E-state index in [1.165, 1.54) is 10.5 Å². The molecule has 0 aromatic carbocycles. The van der Waals surface area contributed by atoms with Crippen molar-refractivity contribution < 1.29 is 4.79 Å². The first-order valence-corrected chi connectivity index (χ1v) is 10.2. The van der Waals surface area contributed by atoms with Crippen LogP contribution in [0.25, 0.3) is 16.7 Å². The lowest BCUT2D eigenvalue weighted by molar-refractivity contribution is 0.0948. The van der Waals surface area contributed by atoms with Crippen molar-refractivity contribution in [1.82, 2.24) is 24.3 Å². The smallest absolute Gasteiger partial charge is 0.267 e. The number of fused-ring (bicyclic) bond motifs is 2. The van der Waals surface area contributed by atoms with Gasteiger partial charge in [0, 0.05) is 31.2 Å². The van der Waals surface area contributed by atoms with Crippen molar-refractivity contribution in [2.24, 2.45) is 0 Å². The number of pyridine rings is 3. The molecule has 4 rings (SSSR count). The van der Waals surface area contributed by atoms with E-state index in [-0.39, 0.29) is 29.2 Å². The van der Waals surface area contributed by atoms with Gasteiger partial charge in [-0.3, -0.25) is 24.4 Å². The third kappa shape index (κ3) is 3.72. The predicted octanol–water partition coefficient (Wildman–Crippen LogP) is 2.73. The Bertz CT molecular complexity index is 1410. The van der Waals surface area contributed by atoms with Crippen molar-refractivity contribution in [3.8, 4) is 0 Å². The van der Waals surface area contributed by atoms with Gasteiger partial charge in [0.05, 0.1) is 10.9 Å². The summed E-state index contributed by atoms with van der Waals surface area (Å²) in [5.41, 5.74) is 2.61. The molecule has 8 nitrogen and oxygen atoms in total. The Morgan fingerprint density at radius 3 is 2.81 bits per heavy atom. The summed E-state index contributed by atoms with van der Waals surface area (Å²) in [5.74, 6) is -0.415. The number of carbonyl (C=O) groups excluding carboxylic acids is 1. The van der Waals surface area contributed by atoms with E-state index in [9.17, 15) is 9.59 Å². The number of rotatable bonds is 5. The summed E-state index contributed by atoms with van der Waals surface area (Å²) in [4.78, 5) is 35.0. The number of carbonyl (C=O) groups is 1. The molecular formula is C23H24N6O2. The summed E-state index contributed by atoms with van der Waals surface area (Å²) in [7, 11) is 0. The lowest BCUT2D eigenvalue weighted by atomic mass is 10.1. The average Bonchev–Trinajstić information content (AvgIpc) is 2.78. The molecule has 8 heteroatoms. The first kappa shape index (κ1) is 20.5. The zero-order valence-electron chi connectivity index (χ0n) is 17.7. The Kier molecular flexibility index (Phi) is 5.37. The summed E-state index contributed by atoms with van der Waals surface area (Å²) < 4.78 is 3.16. The molecule has 158 valence electrons. The van der Waals surface area contributed by atoms with Crippen molar-refractivity contribution in [2.45, 2.75) is 39.8 Å². The summed E-state index contributed by atoms with van der Waals surface area (Å²) in [5, 5.41) is 11.9. The third-order valence-corrected chi connectivity index (χ3v) is 5.45. The summed E-state index contributed by atoms with van der Waals surface area (Å²) in [6, 6.07) is 8.71. The highest BCUT2D eigenvalue weighted by atomic mass is 16.1. The van der Waals surface area contributed by atoms with E-state index in [4.69, 9.17) is 5.41 Å². The molecule has 31 heavy (non-hydrogen) atoms. The van der Waals surface area contributed by atoms with Gasteiger partial charge in [0.15, 0.2) is 0 Å². The van der Waals surface area contributed by atoms with Gasteiger partial charge in [-0.15, -0.1) is 0 Å². The van der Waals surface area contributed by atoms with Crippen molar-refractivity contribution >= 4 is 22.6 Å². The molecule has 0 aliphatic heterocycles. The van der Waals surface area contributed by atoms with Crippen LogP contribution in [0.3, 0.4) is 0 Å². The molecule has 2 N–H and O–H groups in total. The molecule has 4 heterocycles. The van der Waals surface area contributed by atoms with E-state index in [0.29, 0.717) is 16.7 Å². The second kappa shape index (κ2) is 8.14. The van der Waals surface area contributed by atoms with Crippen molar-refractivity contribution in [1.29, 1.82) is 5.41 Å². The molecule has 0 saturated heterocycles. The molecule has 0 radical (unpaired) electrons. The SMILES string of the molecule is CCC(C)n1c(=N)c(C(=O)NCc2cccnc2)cc2c(=O)n3cc(C)ccc3nc21. The van der Waals surface area contributed by atoms with Crippen LogP contribution in [-0.2, 0) is 6.54 Å². The number of aryl methyl sites for hydroxylation is 1. The van der Waals surface area contributed by atoms with Crippen LogP contribution in [0, 0.1) is 12.3 Å². The van der Waals surface area contributed by atoms with Gasteiger partial charge >= 0.3 is 0 Å². The van der Waals surface area contributed by atoms with Gasteiger partial charge < -0.3 is 9.88 Å². The Hall–Kier alpha value is -3.81. The van der Waals surface area contributed by atoms with Gasteiger partial charge in [-0.25, -0.2) is 4.98 Å². The first-order chi connectivity index (χ1) is 14.9. The van der Waals surface area contributed by atoms with Gasteiger partial charge in [0.25, 0.3) is 11.5 Å². The van der Waals surface area contributed by atoms with Crippen LogP contribution in [0.15, 0.2) is 53.7 Å². The minimum Gasteiger partial charge on any atom is -0.348 e. The lowest BCUT2D eigenvalue weighted by Gasteiger charge is -2.19. The molecular weight excluding hydrogens is 392 g/mol. The maximum absolute atomic E-state index is 13.3. The first-order valence-electron chi connectivity index (χ1n) is 10.2. The third-order valence-electron chi connectivity index (χ3n) is 5.45. The number of hydrogen-bond acceptors (Lipinski definition) is 5. The highest BCUT2D eigenvalue weighted by Gasteiger charge is 2.19. The Morgan fingerprint density at radius 1 is 1.29 bits per heavy atom. The molecule has 0 saturated carbocycles. The van der Waals surface area contributed by atoms with Gasteiger partial charge in [0.2, 0.25) is 0 Å². The van der Waals surface area contributed by atoms with Crippen molar-refractivity contribution in [3.05, 3.63) is 81.5 Å². The summed E-state index contributed by atoms with van der Waals surface area (Å²) in [6.07, 6.45) is 5.79. The Labute approximate surface area is 178 Å². The van der Waals surface area contributed by atoms with E-state index in [1.54, 1.807) is 35.3 Å². The minimum absolute atomic E-state index is 0.0360. The standard InChI is InChI=1S/C23H24N6O2/c1-4-15(3)29-20(24)17(22(30)26-12-16-6-5-9-25-11-16)10-18-21(29)27-19-8-7-14(2)13-28(19)23(18)31/h5-11,13,15,24H,4,12H2,1-3H3,(H,26,30). The van der Waals surface area contributed by atoms with E-state index in [2.05, 4.69) is 15.3 Å². The van der Waals surface area contributed by atoms with Crippen LogP contribution in [0.5, 0.6) is 0 Å². The van der Waals surface area contributed by atoms with E-state index in [0.717, 1.165) is 17.5 Å². The number of hydrogen-bond donors (Lipinski definition) is 2. The van der Waals surface area contributed by atoms with Crippen LogP contribution in [-0.4, -0.2) is 24.8 Å². The second-order valence-corrected chi connectivity index (χ2v) is 7.67. The van der Waals surface area contributed by atoms with Gasteiger partial charge in [-0.1, -0.05) is 19.1 Å². The quantitative estimate of drug-likeness (QED) is 0.488. The van der Waals surface area contributed by atoms with E-state index >= 15 is 0 Å². The Morgan fingerprint density at radius 2 is 2.10 bits per heavy atom. The largest absolute Gasteiger partial charge is 0.348 e. The Balaban J connectivity index is 1.91. The fourth-order valence-electron chi connectivity index (χ4n) is 3.57. The van der Waals surface area contributed by atoms with Crippen molar-refractivity contribution in [2.75, 3.05) is 0 Å². The number of nitrogens with one attached hydrogen (secondary N) is 2. The number of aromatic nitrogens is 4. The van der Waals surface area contributed by atoms with Gasteiger partial charge in [0.1, 0.15) is 16.8 Å². The molecule has 4 aromatic rings. The van der Waals surface area contributed by atoms with Crippen LogP contribution in [0.4, 0.5) is 0 Å². The maximum Gasteiger partial charge on any atom is 0.267 e. The van der Waals surface area contributed by atoms with E-state index in [1.807, 2.05) is 32.9 Å². The van der Waals surface area contributed by atoms with Crippen LogP contribution < -0.4 is 16.4 Å². The van der Waals surface area contributed by atoms with Gasteiger partial charge in [-0.2, -0.15) is 0 Å². The highest BCUT2D eigenvalue weighted by Crippen LogP contribution is 2.17. The van der Waals surface area contributed by atoms with Crippen LogP contribution in [0.1, 0.15) is 47.8 Å². The zero-order valence-corrected chi connectivity index (χ0v) is 17.7. The predicted molar refractivity (Wildman–Crippen MR) is 118 cm³/mol. The fourth-order valence-corrected chi connectivity index (χ4v) is 3.57. The van der Waals surface area contributed by atoms with E-state index < -0.39 is 5.91 Å². The molecule has 0 aliphatic rings. The number of amides is 1. The topological polar surface area (TPSA) is 105 Å². The summed E-state index contributed by atoms with van der Waals surface area (Å²) in [6.45, 7) is 6.13. The minimum atomic E-state index is -0.415. The highest BCUT2D eigenvalue weighted by molar-refractivity contribution is 5.96. The number of nitrogens with zero attached hydrogens (tertiary/aromatic N) is 4. The second-order valence-electron chi connectivity index (χ2n) is 7.67.